The number of amides is 1. The predicted molar refractivity (Wildman–Crippen MR) is 116 cm³/mol. The first-order chi connectivity index (χ1) is 11.6. The molecule has 2 aliphatic rings. The summed E-state index contributed by atoms with van der Waals surface area (Å²) < 4.78 is 23.1. The third kappa shape index (κ3) is 7.21. The molecule has 2 rings (SSSR count). The molecule has 152 valence electrons. The van der Waals surface area contributed by atoms with Gasteiger partial charge in [0.2, 0.25) is 5.91 Å². The first-order valence-electron chi connectivity index (χ1n) is 9.15. The molecule has 1 saturated carbocycles. The molecule has 0 spiro atoms. The summed E-state index contributed by atoms with van der Waals surface area (Å²) in [6.45, 7) is 8.58. The summed E-state index contributed by atoms with van der Waals surface area (Å²) in [7, 11) is -2.98. The molecule has 1 heterocycles. The Kier molecular flexibility index (Phi) is 8.63. The SMILES string of the molecule is CCNC(=NCC1(CS(C)(=O)=O)CC1)NC1CCN(C(=O)C(C)C)C1.I. The zero-order valence-corrected chi connectivity index (χ0v) is 19.4. The highest BCUT2D eigenvalue weighted by molar-refractivity contribution is 14.0. The van der Waals surface area contributed by atoms with Crippen molar-refractivity contribution >= 4 is 45.7 Å². The molecular weight excluding hydrogens is 467 g/mol. The van der Waals surface area contributed by atoms with Gasteiger partial charge in [-0.1, -0.05) is 13.8 Å². The Balaban J connectivity index is 0.00000338. The maximum Gasteiger partial charge on any atom is 0.225 e. The molecule has 2 fully saturated rings. The fourth-order valence-corrected chi connectivity index (χ4v) is 4.78. The molecule has 0 aromatic heterocycles. The number of rotatable bonds is 7. The molecule has 0 aromatic carbocycles. The molecule has 1 saturated heterocycles. The van der Waals surface area contributed by atoms with Crippen LogP contribution in [0.4, 0.5) is 0 Å². The highest BCUT2D eigenvalue weighted by Crippen LogP contribution is 2.46. The van der Waals surface area contributed by atoms with Crippen LogP contribution in [0.1, 0.15) is 40.0 Å². The van der Waals surface area contributed by atoms with Crippen LogP contribution in [-0.2, 0) is 14.6 Å². The fourth-order valence-electron chi connectivity index (χ4n) is 3.28. The molecule has 26 heavy (non-hydrogen) atoms. The minimum Gasteiger partial charge on any atom is -0.357 e. The molecule has 1 unspecified atom stereocenters. The lowest BCUT2D eigenvalue weighted by atomic mass is 10.1. The summed E-state index contributed by atoms with van der Waals surface area (Å²) in [5.41, 5.74) is -0.175. The maximum absolute atomic E-state index is 12.1. The van der Waals surface area contributed by atoms with Gasteiger partial charge < -0.3 is 15.5 Å². The van der Waals surface area contributed by atoms with Crippen molar-refractivity contribution < 1.29 is 13.2 Å². The number of hydrogen-bond donors (Lipinski definition) is 2. The van der Waals surface area contributed by atoms with Crippen molar-refractivity contribution in [2.45, 2.75) is 46.1 Å². The summed E-state index contributed by atoms with van der Waals surface area (Å²) in [5.74, 6) is 1.14. The van der Waals surface area contributed by atoms with Crippen molar-refractivity contribution in [3.63, 3.8) is 0 Å². The quantitative estimate of drug-likeness (QED) is 0.312. The number of guanidine groups is 1. The Morgan fingerprint density at radius 2 is 2.00 bits per heavy atom. The van der Waals surface area contributed by atoms with Gasteiger partial charge >= 0.3 is 0 Å². The molecule has 2 N–H and O–H groups in total. The van der Waals surface area contributed by atoms with Crippen LogP contribution < -0.4 is 10.6 Å². The van der Waals surface area contributed by atoms with Gasteiger partial charge in [-0.3, -0.25) is 9.79 Å². The number of nitrogens with zero attached hydrogens (tertiary/aromatic N) is 2. The topological polar surface area (TPSA) is 90.9 Å². The summed E-state index contributed by atoms with van der Waals surface area (Å²) >= 11 is 0. The molecule has 1 atom stereocenters. The number of carbonyl (C=O) groups excluding carboxylic acids is 1. The number of aliphatic imine (C=N–C) groups is 1. The summed E-state index contributed by atoms with van der Waals surface area (Å²) in [6.07, 6.45) is 4.03. The van der Waals surface area contributed by atoms with Crippen LogP contribution in [0.25, 0.3) is 0 Å². The van der Waals surface area contributed by atoms with E-state index in [0.717, 1.165) is 32.4 Å². The second kappa shape index (κ2) is 9.57. The van der Waals surface area contributed by atoms with Gasteiger partial charge in [-0.2, -0.15) is 0 Å². The second-order valence-corrected chi connectivity index (χ2v) is 9.97. The van der Waals surface area contributed by atoms with Gasteiger partial charge in [0.1, 0.15) is 9.84 Å². The van der Waals surface area contributed by atoms with Gasteiger partial charge in [-0.25, -0.2) is 8.42 Å². The molecule has 0 bridgehead atoms. The highest BCUT2D eigenvalue weighted by Gasteiger charge is 2.45. The van der Waals surface area contributed by atoms with Crippen molar-refractivity contribution in [1.29, 1.82) is 0 Å². The van der Waals surface area contributed by atoms with Gasteiger partial charge in [0.15, 0.2) is 5.96 Å². The molecule has 0 aromatic rings. The average molecular weight is 500 g/mol. The van der Waals surface area contributed by atoms with Crippen LogP contribution in [0, 0.1) is 11.3 Å². The maximum atomic E-state index is 12.1. The van der Waals surface area contributed by atoms with Crippen LogP contribution in [0.15, 0.2) is 4.99 Å². The van der Waals surface area contributed by atoms with E-state index in [2.05, 4.69) is 15.6 Å². The van der Waals surface area contributed by atoms with E-state index in [1.165, 1.54) is 6.26 Å². The van der Waals surface area contributed by atoms with E-state index in [1.807, 2.05) is 25.7 Å². The Morgan fingerprint density at radius 3 is 2.50 bits per heavy atom. The Hall–Kier alpha value is -0.580. The summed E-state index contributed by atoms with van der Waals surface area (Å²) in [4.78, 5) is 18.6. The van der Waals surface area contributed by atoms with E-state index >= 15 is 0 Å². The Bertz CT molecular complexity index is 617. The summed E-state index contributed by atoms with van der Waals surface area (Å²) in [6, 6.07) is 0.186. The normalized spacial score (nSPS) is 22.1. The molecule has 1 aliphatic carbocycles. The van der Waals surface area contributed by atoms with Crippen molar-refractivity contribution in [2.75, 3.05) is 38.2 Å². The van der Waals surface area contributed by atoms with Crippen LogP contribution in [0.2, 0.25) is 0 Å². The van der Waals surface area contributed by atoms with Crippen LogP contribution >= 0.6 is 24.0 Å². The van der Waals surface area contributed by atoms with E-state index in [0.29, 0.717) is 19.0 Å². The van der Waals surface area contributed by atoms with Crippen LogP contribution in [0.5, 0.6) is 0 Å². The lowest BCUT2D eigenvalue weighted by Crippen LogP contribution is -2.45. The molecule has 1 aliphatic heterocycles. The monoisotopic (exact) mass is 500 g/mol. The summed E-state index contributed by atoms with van der Waals surface area (Å²) in [5, 5.41) is 6.62. The van der Waals surface area contributed by atoms with Crippen LogP contribution in [0.3, 0.4) is 0 Å². The Labute approximate surface area is 174 Å². The number of likely N-dealkylation sites (tertiary alicyclic amines) is 1. The zero-order valence-electron chi connectivity index (χ0n) is 16.2. The molecule has 1 amide bonds. The molecule has 0 radical (unpaired) electrons. The number of halogens is 1. The smallest absolute Gasteiger partial charge is 0.225 e. The molecule has 9 heteroatoms. The number of carbonyl (C=O) groups is 1. The lowest BCUT2D eigenvalue weighted by Gasteiger charge is -2.21. The van der Waals surface area contributed by atoms with E-state index in [9.17, 15) is 13.2 Å². The standard InChI is InChI=1S/C17H32N4O3S.HI/c1-5-18-16(19-11-17(7-8-17)12-25(4,23)24)20-14-6-9-21(10-14)15(22)13(2)3;/h13-14H,5-12H2,1-4H3,(H2,18,19,20);1H. The predicted octanol–water partition coefficient (Wildman–Crippen LogP) is 1.24. The molecule has 7 nitrogen and oxygen atoms in total. The van der Waals surface area contributed by atoms with Gasteiger partial charge in [-0.05, 0) is 26.2 Å². The van der Waals surface area contributed by atoms with Crippen molar-refractivity contribution in [3.8, 4) is 0 Å². The van der Waals surface area contributed by atoms with Gasteiger partial charge in [0, 0.05) is 49.8 Å². The first kappa shape index (κ1) is 23.5. The van der Waals surface area contributed by atoms with E-state index < -0.39 is 9.84 Å². The highest BCUT2D eigenvalue weighted by atomic mass is 127. The third-order valence-electron chi connectivity index (χ3n) is 4.78. The minimum atomic E-state index is -2.98. The third-order valence-corrected chi connectivity index (χ3v) is 5.91. The van der Waals surface area contributed by atoms with Crippen molar-refractivity contribution in [1.82, 2.24) is 15.5 Å². The molecular formula is C17H33IN4O3S. The average Bonchev–Trinajstić information content (AvgIpc) is 3.08. The lowest BCUT2D eigenvalue weighted by molar-refractivity contribution is -0.133. The Morgan fingerprint density at radius 1 is 1.35 bits per heavy atom. The largest absolute Gasteiger partial charge is 0.357 e. The van der Waals surface area contributed by atoms with E-state index in [4.69, 9.17) is 0 Å². The second-order valence-electron chi connectivity index (χ2n) is 7.83. The minimum absolute atomic E-state index is 0. The van der Waals surface area contributed by atoms with Crippen molar-refractivity contribution in [3.05, 3.63) is 0 Å². The van der Waals surface area contributed by atoms with Gasteiger partial charge in [0.05, 0.1) is 5.75 Å². The van der Waals surface area contributed by atoms with E-state index in [1.54, 1.807) is 0 Å². The van der Waals surface area contributed by atoms with Gasteiger partial charge in [0.25, 0.3) is 0 Å². The number of nitrogens with one attached hydrogen (secondary N) is 2. The zero-order chi connectivity index (χ0) is 18.7. The van der Waals surface area contributed by atoms with Crippen molar-refractivity contribution in [2.24, 2.45) is 16.3 Å². The first-order valence-corrected chi connectivity index (χ1v) is 11.2. The fraction of sp³-hybridized carbons (Fsp3) is 0.882. The number of sulfone groups is 1. The van der Waals surface area contributed by atoms with E-state index in [-0.39, 0.29) is 53.0 Å². The van der Waals surface area contributed by atoms with Crippen LogP contribution in [-0.4, -0.2) is 69.4 Å². The number of hydrogen-bond acceptors (Lipinski definition) is 4. The van der Waals surface area contributed by atoms with Gasteiger partial charge in [-0.15, -0.1) is 24.0 Å².